The van der Waals surface area contributed by atoms with Crippen LogP contribution in [0.2, 0.25) is 0 Å². The fourth-order valence-electron chi connectivity index (χ4n) is 3.23. The van der Waals surface area contributed by atoms with E-state index in [9.17, 15) is 13.2 Å². The Hall–Kier alpha value is -2.60. The topological polar surface area (TPSA) is 67.6 Å². The smallest absolute Gasteiger partial charge is 0.232 e. The quantitative estimate of drug-likeness (QED) is 0.646. The zero-order valence-corrected chi connectivity index (χ0v) is 17.6. The van der Waals surface area contributed by atoms with Crippen molar-refractivity contribution in [2.75, 3.05) is 17.1 Å². The number of rotatable bonds is 4. The van der Waals surface area contributed by atoms with Crippen molar-refractivity contribution >= 4 is 26.7 Å². The summed E-state index contributed by atoms with van der Waals surface area (Å²) >= 11 is 0. The molecule has 0 N–H and O–H groups in total. The summed E-state index contributed by atoms with van der Waals surface area (Å²) in [6.07, 6.45) is 2.60. The third kappa shape index (κ3) is 3.83. The molecule has 0 fully saturated rings. The molecule has 1 aromatic heterocycles. The van der Waals surface area contributed by atoms with Gasteiger partial charge < -0.3 is 4.42 Å². The van der Waals surface area contributed by atoms with Gasteiger partial charge in [0, 0.05) is 12.6 Å². The Bertz CT molecular complexity index is 1170. The van der Waals surface area contributed by atoms with E-state index in [2.05, 4.69) is 20.8 Å². The molecule has 0 aliphatic carbocycles. The molecule has 5 nitrogen and oxygen atoms in total. The van der Waals surface area contributed by atoms with Crippen LogP contribution in [0.4, 0.5) is 5.69 Å². The van der Waals surface area contributed by atoms with Crippen molar-refractivity contribution in [3.63, 3.8) is 0 Å². The molecule has 0 saturated heterocycles. The fourth-order valence-corrected chi connectivity index (χ4v) is 4.20. The average molecular weight is 400 g/mol. The largest absolute Gasteiger partial charge is 0.463 e. The summed E-state index contributed by atoms with van der Waals surface area (Å²) in [7, 11) is -3.40. The van der Waals surface area contributed by atoms with Crippen molar-refractivity contribution < 1.29 is 12.8 Å². The molecule has 0 aliphatic heterocycles. The summed E-state index contributed by atoms with van der Waals surface area (Å²) < 4.78 is 30.8. The number of fused-ring (bicyclic) bond motifs is 1. The van der Waals surface area contributed by atoms with Gasteiger partial charge >= 0.3 is 0 Å². The van der Waals surface area contributed by atoms with Crippen LogP contribution in [0.1, 0.15) is 33.3 Å². The Morgan fingerprint density at radius 3 is 2.21 bits per heavy atom. The van der Waals surface area contributed by atoms with Gasteiger partial charge in [0.25, 0.3) is 0 Å². The van der Waals surface area contributed by atoms with Crippen LogP contribution in [-0.2, 0) is 15.4 Å². The van der Waals surface area contributed by atoms with Crippen molar-refractivity contribution in [1.29, 1.82) is 0 Å². The van der Waals surface area contributed by atoms with Gasteiger partial charge in [-0.3, -0.25) is 9.10 Å². The first-order valence-electron chi connectivity index (χ1n) is 9.16. The molecule has 148 valence electrons. The lowest BCUT2D eigenvalue weighted by atomic mass is 9.86. The SMILES string of the molecule is CCN(c1ccc2c(=O)c(-c3ccc(C(C)(C)C)cc3)coc2c1)S(C)(=O)=O. The molecule has 0 saturated carbocycles. The number of nitrogens with zero attached hydrogens (tertiary/aromatic N) is 1. The number of anilines is 1. The summed E-state index contributed by atoms with van der Waals surface area (Å²) in [4.78, 5) is 13.0. The molecular weight excluding hydrogens is 374 g/mol. The van der Waals surface area contributed by atoms with E-state index in [-0.39, 0.29) is 10.8 Å². The Balaban J connectivity index is 2.07. The summed E-state index contributed by atoms with van der Waals surface area (Å²) in [5.74, 6) is 0. The highest BCUT2D eigenvalue weighted by Crippen LogP contribution is 2.27. The second-order valence-corrected chi connectivity index (χ2v) is 9.82. The summed E-state index contributed by atoms with van der Waals surface area (Å²) in [6.45, 7) is 8.47. The van der Waals surface area contributed by atoms with Gasteiger partial charge in [-0.15, -0.1) is 0 Å². The predicted octanol–water partition coefficient (Wildman–Crippen LogP) is 4.54. The molecule has 0 bridgehead atoms. The van der Waals surface area contributed by atoms with Crippen molar-refractivity contribution in [2.24, 2.45) is 0 Å². The van der Waals surface area contributed by atoms with Gasteiger partial charge in [-0.2, -0.15) is 0 Å². The molecule has 0 unspecified atom stereocenters. The minimum absolute atomic E-state index is 0.0355. The maximum Gasteiger partial charge on any atom is 0.232 e. The van der Waals surface area contributed by atoms with E-state index in [0.29, 0.717) is 28.8 Å². The van der Waals surface area contributed by atoms with Gasteiger partial charge in [0.15, 0.2) is 5.43 Å². The summed E-state index contributed by atoms with van der Waals surface area (Å²) in [5.41, 5.74) is 3.19. The molecule has 0 aliphatic rings. The maximum atomic E-state index is 13.0. The minimum atomic E-state index is -3.40. The molecule has 2 aromatic carbocycles. The molecule has 0 spiro atoms. The Kier molecular flexibility index (Phi) is 5.10. The monoisotopic (exact) mass is 399 g/mol. The van der Waals surface area contributed by atoms with E-state index < -0.39 is 10.0 Å². The number of hydrogen-bond acceptors (Lipinski definition) is 4. The van der Waals surface area contributed by atoms with Crippen molar-refractivity contribution in [3.8, 4) is 11.1 Å². The lowest BCUT2D eigenvalue weighted by molar-refractivity contribution is 0.590. The Morgan fingerprint density at radius 2 is 1.68 bits per heavy atom. The van der Waals surface area contributed by atoms with Crippen LogP contribution in [0, 0.1) is 0 Å². The van der Waals surface area contributed by atoms with Gasteiger partial charge in [-0.05, 0) is 35.6 Å². The molecular formula is C22H25NO4S. The molecule has 0 atom stereocenters. The van der Waals surface area contributed by atoms with E-state index in [1.165, 1.54) is 16.1 Å². The highest BCUT2D eigenvalue weighted by atomic mass is 32.2. The first-order chi connectivity index (χ1) is 13.0. The van der Waals surface area contributed by atoms with Crippen LogP contribution in [0.15, 0.2) is 57.9 Å². The van der Waals surface area contributed by atoms with E-state index in [4.69, 9.17) is 4.42 Å². The molecule has 1 heterocycles. The lowest BCUT2D eigenvalue weighted by Gasteiger charge is -2.20. The standard InChI is InChI=1S/C22H25NO4S/c1-6-23(28(5,25)26)17-11-12-18-20(13-17)27-14-19(21(18)24)15-7-9-16(10-8-15)22(2,3)4/h7-14H,6H2,1-5H3. The second kappa shape index (κ2) is 7.09. The molecule has 3 aromatic rings. The Morgan fingerprint density at radius 1 is 1.04 bits per heavy atom. The second-order valence-electron chi connectivity index (χ2n) is 7.91. The zero-order chi connectivity index (χ0) is 20.7. The Labute approximate surface area is 165 Å². The van der Waals surface area contributed by atoms with Gasteiger partial charge in [0.05, 0.1) is 22.9 Å². The molecule has 3 rings (SSSR count). The number of sulfonamides is 1. The summed E-state index contributed by atoms with van der Waals surface area (Å²) in [5, 5.41) is 0.422. The van der Waals surface area contributed by atoms with Crippen molar-refractivity contribution in [2.45, 2.75) is 33.1 Å². The maximum absolute atomic E-state index is 13.0. The van der Waals surface area contributed by atoms with Crippen molar-refractivity contribution in [3.05, 3.63) is 64.5 Å². The van der Waals surface area contributed by atoms with Crippen LogP contribution >= 0.6 is 0 Å². The van der Waals surface area contributed by atoms with Crippen molar-refractivity contribution in [1.82, 2.24) is 0 Å². The minimum Gasteiger partial charge on any atom is -0.463 e. The summed E-state index contributed by atoms with van der Waals surface area (Å²) in [6, 6.07) is 12.7. The van der Waals surface area contributed by atoms with Crippen LogP contribution in [0.5, 0.6) is 0 Å². The molecule has 0 radical (unpaired) electrons. The van der Waals surface area contributed by atoms with Crippen LogP contribution < -0.4 is 9.73 Å². The van der Waals surface area contributed by atoms with Crippen LogP contribution in [-0.4, -0.2) is 21.2 Å². The molecule has 0 amide bonds. The third-order valence-electron chi connectivity index (χ3n) is 4.80. The third-order valence-corrected chi connectivity index (χ3v) is 6.07. The van der Waals surface area contributed by atoms with E-state index >= 15 is 0 Å². The highest BCUT2D eigenvalue weighted by molar-refractivity contribution is 7.92. The first kappa shape index (κ1) is 20.1. The van der Waals surface area contributed by atoms with Gasteiger partial charge in [-0.25, -0.2) is 8.42 Å². The lowest BCUT2D eigenvalue weighted by Crippen LogP contribution is -2.29. The van der Waals surface area contributed by atoms with Gasteiger partial charge in [0.2, 0.25) is 10.0 Å². The van der Waals surface area contributed by atoms with E-state index in [0.717, 1.165) is 11.8 Å². The van der Waals surface area contributed by atoms with E-state index in [1.54, 1.807) is 25.1 Å². The average Bonchev–Trinajstić information content (AvgIpc) is 2.61. The highest BCUT2D eigenvalue weighted by Gasteiger charge is 2.18. The van der Waals surface area contributed by atoms with Crippen LogP contribution in [0.3, 0.4) is 0 Å². The molecule has 6 heteroatoms. The van der Waals surface area contributed by atoms with E-state index in [1.807, 2.05) is 24.3 Å². The van der Waals surface area contributed by atoms with Gasteiger partial charge in [-0.1, -0.05) is 45.0 Å². The van der Waals surface area contributed by atoms with Crippen LogP contribution in [0.25, 0.3) is 22.1 Å². The first-order valence-corrected chi connectivity index (χ1v) is 11.0. The predicted molar refractivity (Wildman–Crippen MR) is 114 cm³/mol. The number of benzene rings is 2. The number of hydrogen-bond donors (Lipinski definition) is 0. The zero-order valence-electron chi connectivity index (χ0n) is 16.8. The molecule has 28 heavy (non-hydrogen) atoms. The normalized spacial score (nSPS) is 12.3. The van der Waals surface area contributed by atoms with Gasteiger partial charge in [0.1, 0.15) is 11.8 Å². The fraction of sp³-hybridized carbons (Fsp3) is 0.318.